The predicted octanol–water partition coefficient (Wildman–Crippen LogP) is 2.75. The van der Waals surface area contributed by atoms with Gasteiger partial charge in [0.25, 0.3) is 0 Å². The molecule has 1 aromatic carbocycles. The largest absolute Gasteiger partial charge is 0.379 e. The molecule has 0 atom stereocenters. The van der Waals surface area contributed by atoms with E-state index in [1.54, 1.807) is 0 Å². The third-order valence-corrected chi connectivity index (χ3v) is 3.40. The van der Waals surface area contributed by atoms with Gasteiger partial charge in [-0.25, -0.2) is 0 Å². The highest BCUT2D eigenvalue weighted by Gasteiger charge is 2.21. The Kier molecular flexibility index (Phi) is 3.23. The minimum Gasteiger partial charge on any atom is -0.379 e. The lowest BCUT2D eigenvalue weighted by Crippen LogP contribution is -2.23. The quantitative estimate of drug-likeness (QED) is 0.882. The van der Waals surface area contributed by atoms with Crippen LogP contribution in [0.15, 0.2) is 42.6 Å². The summed E-state index contributed by atoms with van der Waals surface area (Å²) < 4.78 is 0. The summed E-state index contributed by atoms with van der Waals surface area (Å²) in [7, 11) is 0. The molecule has 98 valence electrons. The van der Waals surface area contributed by atoms with Crippen molar-refractivity contribution in [2.24, 2.45) is 0 Å². The molecule has 1 aromatic heterocycles. The summed E-state index contributed by atoms with van der Waals surface area (Å²) in [4.78, 5) is 16.7. The number of amides is 1. The van der Waals surface area contributed by atoms with Crippen LogP contribution in [0.2, 0.25) is 0 Å². The van der Waals surface area contributed by atoms with Gasteiger partial charge in [-0.1, -0.05) is 0 Å². The number of rotatable bonds is 4. The van der Waals surface area contributed by atoms with E-state index in [1.165, 1.54) is 0 Å². The van der Waals surface area contributed by atoms with Crippen LogP contribution in [0.5, 0.6) is 0 Å². The van der Waals surface area contributed by atoms with E-state index < -0.39 is 0 Å². The molecule has 0 aliphatic carbocycles. The minimum absolute atomic E-state index is 0.229. The Morgan fingerprint density at radius 3 is 2.68 bits per heavy atom. The lowest BCUT2D eigenvalue weighted by molar-refractivity contribution is -0.117. The Morgan fingerprint density at radius 2 is 2.05 bits per heavy atom. The Hall–Kier alpha value is -2.23. The van der Waals surface area contributed by atoms with Crippen molar-refractivity contribution in [3.63, 3.8) is 0 Å². The number of hydrogen-bond acceptors (Lipinski definition) is 2. The molecule has 1 aliphatic heterocycles. The van der Waals surface area contributed by atoms with E-state index in [9.17, 15) is 4.79 Å². The Morgan fingerprint density at radius 1 is 1.21 bits per heavy atom. The molecular weight excluding hydrogens is 238 g/mol. The molecule has 3 rings (SSSR count). The second kappa shape index (κ2) is 5.18. The fourth-order valence-electron chi connectivity index (χ4n) is 2.36. The summed E-state index contributed by atoms with van der Waals surface area (Å²) in [6.07, 6.45) is 3.55. The summed E-state index contributed by atoms with van der Waals surface area (Å²) in [5.41, 5.74) is 3.21. The zero-order chi connectivity index (χ0) is 13.1. The maximum atomic E-state index is 11.6. The molecular formula is C15H17N3O. The van der Waals surface area contributed by atoms with Crippen LogP contribution in [0.1, 0.15) is 18.5 Å². The summed E-state index contributed by atoms with van der Waals surface area (Å²) in [6, 6.07) is 12.1. The van der Waals surface area contributed by atoms with E-state index in [2.05, 4.69) is 10.3 Å². The minimum atomic E-state index is 0.229. The van der Waals surface area contributed by atoms with Crippen molar-refractivity contribution >= 4 is 17.3 Å². The first-order valence-corrected chi connectivity index (χ1v) is 6.59. The van der Waals surface area contributed by atoms with E-state index in [0.29, 0.717) is 6.42 Å². The van der Waals surface area contributed by atoms with Crippen LogP contribution in [-0.2, 0) is 11.3 Å². The molecule has 0 spiro atoms. The van der Waals surface area contributed by atoms with Gasteiger partial charge in [-0.15, -0.1) is 0 Å². The monoisotopic (exact) mass is 255 g/mol. The zero-order valence-electron chi connectivity index (χ0n) is 10.7. The van der Waals surface area contributed by atoms with Crippen molar-refractivity contribution in [1.29, 1.82) is 0 Å². The van der Waals surface area contributed by atoms with Crippen molar-refractivity contribution < 1.29 is 4.79 Å². The summed E-state index contributed by atoms with van der Waals surface area (Å²) in [5, 5.41) is 3.34. The average Bonchev–Trinajstić information content (AvgIpc) is 3.08. The molecule has 0 bridgehead atoms. The number of hydrogen-bond donors (Lipinski definition) is 2. The summed E-state index contributed by atoms with van der Waals surface area (Å²) >= 11 is 0. The maximum Gasteiger partial charge on any atom is 0.227 e. The molecule has 1 fully saturated rings. The fraction of sp³-hybridized carbons (Fsp3) is 0.267. The maximum absolute atomic E-state index is 11.6. The molecule has 0 radical (unpaired) electrons. The number of aromatic amines is 1. The number of aromatic nitrogens is 1. The van der Waals surface area contributed by atoms with Crippen molar-refractivity contribution in [2.75, 3.05) is 16.8 Å². The molecule has 1 amide bonds. The SMILES string of the molecule is O=C1CCCN1c1ccc(NCc2ccc[nH]2)cc1. The number of carbonyl (C=O) groups is 1. The van der Waals surface area contributed by atoms with Crippen molar-refractivity contribution in [3.8, 4) is 0 Å². The van der Waals surface area contributed by atoms with Crippen LogP contribution >= 0.6 is 0 Å². The van der Waals surface area contributed by atoms with E-state index in [4.69, 9.17) is 0 Å². The van der Waals surface area contributed by atoms with Crippen molar-refractivity contribution in [2.45, 2.75) is 19.4 Å². The van der Waals surface area contributed by atoms with Crippen LogP contribution in [-0.4, -0.2) is 17.4 Å². The third kappa shape index (κ3) is 2.62. The Labute approximate surface area is 112 Å². The second-order valence-electron chi connectivity index (χ2n) is 4.74. The molecule has 2 heterocycles. The van der Waals surface area contributed by atoms with Gasteiger partial charge in [0, 0.05) is 36.2 Å². The van der Waals surface area contributed by atoms with Crippen LogP contribution in [0.4, 0.5) is 11.4 Å². The number of nitrogens with zero attached hydrogens (tertiary/aromatic N) is 1. The van der Waals surface area contributed by atoms with Gasteiger partial charge >= 0.3 is 0 Å². The van der Waals surface area contributed by atoms with E-state index in [1.807, 2.05) is 47.5 Å². The van der Waals surface area contributed by atoms with Crippen molar-refractivity contribution in [1.82, 2.24) is 4.98 Å². The molecule has 0 unspecified atom stereocenters. The van der Waals surface area contributed by atoms with Crippen LogP contribution in [0.3, 0.4) is 0 Å². The van der Waals surface area contributed by atoms with Gasteiger partial charge in [0.05, 0.1) is 6.54 Å². The molecule has 2 N–H and O–H groups in total. The number of benzene rings is 1. The first-order chi connectivity index (χ1) is 9.33. The van der Waals surface area contributed by atoms with Gasteiger partial charge in [-0.3, -0.25) is 4.79 Å². The molecule has 1 saturated heterocycles. The topological polar surface area (TPSA) is 48.1 Å². The van der Waals surface area contributed by atoms with E-state index in [-0.39, 0.29) is 5.91 Å². The average molecular weight is 255 g/mol. The summed E-state index contributed by atoms with van der Waals surface area (Å²) in [5.74, 6) is 0.229. The molecule has 1 aliphatic rings. The summed E-state index contributed by atoms with van der Waals surface area (Å²) in [6.45, 7) is 1.61. The van der Waals surface area contributed by atoms with E-state index in [0.717, 1.165) is 36.6 Å². The highest BCUT2D eigenvalue weighted by molar-refractivity contribution is 5.95. The highest BCUT2D eigenvalue weighted by atomic mass is 16.2. The van der Waals surface area contributed by atoms with Crippen LogP contribution < -0.4 is 10.2 Å². The number of nitrogens with one attached hydrogen (secondary N) is 2. The van der Waals surface area contributed by atoms with Gasteiger partial charge in [0.1, 0.15) is 0 Å². The van der Waals surface area contributed by atoms with Gasteiger partial charge in [-0.2, -0.15) is 0 Å². The lowest BCUT2D eigenvalue weighted by Gasteiger charge is -2.16. The fourth-order valence-corrected chi connectivity index (χ4v) is 2.36. The predicted molar refractivity (Wildman–Crippen MR) is 76.1 cm³/mol. The molecule has 4 nitrogen and oxygen atoms in total. The number of H-pyrrole nitrogens is 1. The van der Waals surface area contributed by atoms with Crippen LogP contribution in [0, 0.1) is 0 Å². The van der Waals surface area contributed by atoms with Crippen molar-refractivity contribution in [3.05, 3.63) is 48.3 Å². The normalized spacial score (nSPS) is 14.9. The number of anilines is 2. The molecule has 0 saturated carbocycles. The molecule has 19 heavy (non-hydrogen) atoms. The van der Waals surface area contributed by atoms with Gasteiger partial charge in [-0.05, 0) is 42.8 Å². The highest BCUT2D eigenvalue weighted by Crippen LogP contribution is 2.23. The smallest absolute Gasteiger partial charge is 0.227 e. The standard InChI is InChI=1S/C15H17N3O/c19-15-4-2-10-18(15)14-7-5-12(6-8-14)17-11-13-3-1-9-16-13/h1,3,5-9,16-17H,2,4,10-11H2. The number of carbonyl (C=O) groups excluding carboxylic acids is 1. The van der Waals surface area contributed by atoms with Crippen LogP contribution in [0.25, 0.3) is 0 Å². The molecule has 4 heteroatoms. The Bertz CT molecular complexity index is 545. The van der Waals surface area contributed by atoms with Gasteiger partial charge < -0.3 is 15.2 Å². The van der Waals surface area contributed by atoms with Gasteiger partial charge in [0.2, 0.25) is 5.91 Å². The lowest BCUT2D eigenvalue weighted by atomic mass is 10.2. The molecule has 2 aromatic rings. The van der Waals surface area contributed by atoms with E-state index >= 15 is 0 Å². The second-order valence-corrected chi connectivity index (χ2v) is 4.74. The Balaban J connectivity index is 1.64. The first-order valence-electron chi connectivity index (χ1n) is 6.59. The first kappa shape index (κ1) is 11.8. The third-order valence-electron chi connectivity index (χ3n) is 3.40. The zero-order valence-corrected chi connectivity index (χ0v) is 10.7. The van der Waals surface area contributed by atoms with Gasteiger partial charge in [0.15, 0.2) is 0 Å².